The first-order chi connectivity index (χ1) is 18.0. The van der Waals surface area contributed by atoms with Crippen LogP contribution in [0.3, 0.4) is 0 Å². The number of hydrogen-bond acceptors (Lipinski definition) is 5. The standard InChI is InChI=1S/C27H29F3N6O2/c1-34(2)25(38)17-3-4-18(21(28)11-17)14-35-9-10-36-22(7-8-23(36)26(35)15-27(29,30)16-26)24(37)33-13-20-6-5-19(31)12-32-20/h3-8,11-12H,9-10,13-16,31H2,1-2H3,(H,33,37). The van der Waals surface area contributed by atoms with Gasteiger partial charge in [0.15, 0.2) is 0 Å². The van der Waals surface area contributed by atoms with E-state index in [-0.39, 0.29) is 30.5 Å². The third kappa shape index (κ3) is 4.62. The number of pyridine rings is 1. The molecule has 3 aromatic rings. The van der Waals surface area contributed by atoms with Crippen LogP contribution in [0.15, 0.2) is 48.7 Å². The fraction of sp³-hybridized carbons (Fsp3) is 0.370. The normalized spacial score (nSPS) is 17.5. The van der Waals surface area contributed by atoms with Crippen molar-refractivity contribution in [3.63, 3.8) is 0 Å². The second kappa shape index (κ2) is 9.46. The summed E-state index contributed by atoms with van der Waals surface area (Å²) in [6.07, 6.45) is 0.671. The highest BCUT2D eigenvalue weighted by Crippen LogP contribution is 2.57. The van der Waals surface area contributed by atoms with E-state index in [0.717, 1.165) is 0 Å². The van der Waals surface area contributed by atoms with Crippen molar-refractivity contribution in [3.05, 3.63) is 82.7 Å². The number of rotatable bonds is 6. The largest absolute Gasteiger partial charge is 0.397 e. The number of anilines is 1. The van der Waals surface area contributed by atoms with Crippen LogP contribution >= 0.6 is 0 Å². The predicted octanol–water partition coefficient (Wildman–Crippen LogP) is 3.38. The predicted molar refractivity (Wildman–Crippen MR) is 135 cm³/mol. The van der Waals surface area contributed by atoms with Crippen LogP contribution in [0, 0.1) is 5.82 Å². The lowest BCUT2D eigenvalue weighted by Crippen LogP contribution is -2.63. The zero-order valence-corrected chi connectivity index (χ0v) is 21.2. The topological polar surface area (TPSA) is 96.5 Å². The summed E-state index contributed by atoms with van der Waals surface area (Å²) in [5.41, 5.74) is 7.32. The average Bonchev–Trinajstić information content (AvgIpc) is 3.29. The Morgan fingerprint density at radius 1 is 1.11 bits per heavy atom. The van der Waals surface area contributed by atoms with Gasteiger partial charge in [0.1, 0.15) is 11.5 Å². The highest BCUT2D eigenvalue weighted by Gasteiger charge is 2.62. The van der Waals surface area contributed by atoms with Crippen molar-refractivity contribution in [1.29, 1.82) is 0 Å². The molecule has 1 fully saturated rings. The number of nitrogen functional groups attached to an aromatic ring is 1. The van der Waals surface area contributed by atoms with Crippen molar-refractivity contribution in [2.45, 2.75) is 43.9 Å². The van der Waals surface area contributed by atoms with E-state index in [1.165, 1.54) is 23.2 Å². The minimum absolute atomic E-state index is 0.105. The first-order valence-corrected chi connectivity index (χ1v) is 12.3. The average molecular weight is 527 g/mol. The van der Waals surface area contributed by atoms with Crippen LogP contribution in [-0.2, 0) is 25.2 Å². The number of halogens is 3. The quantitative estimate of drug-likeness (QED) is 0.514. The van der Waals surface area contributed by atoms with Gasteiger partial charge in [0.25, 0.3) is 17.7 Å². The third-order valence-corrected chi connectivity index (χ3v) is 7.34. The first kappa shape index (κ1) is 25.8. The molecule has 1 aromatic carbocycles. The molecular weight excluding hydrogens is 497 g/mol. The third-order valence-electron chi connectivity index (χ3n) is 7.34. The molecule has 2 amide bonds. The number of hydrogen-bond donors (Lipinski definition) is 2. The maximum absolute atomic E-state index is 15.0. The number of amides is 2. The summed E-state index contributed by atoms with van der Waals surface area (Å²) in [6, 6.07) is 11.0. The molecule has 38 heavy (non-hydrogen) atoms. The molecule has 0 saturated heterocycles. The van der Waals surface area contributed by atoms with Gasteiger partial charge < -0.3 is 20.5 Å². The number of nitrogens with one attached hydrogen (secondary N) is 1. The number of alkyl halides is 2. The van der Waals surface area contributed by atoms with Gasteiger partial charge in [-0.2, -0.15) is 0 Å². The molecule has 0 unspecified atom stereocenters. The first-order valence-electron chi connectivity index (χ1n) is 12.3. The van der Waals surface area contributed by atoms with E-state index in [0.29, 0.717) is 41.4 Å². The van der Waals surface area contributed by atoms with Gasteiger partial charge in [-0.1, -0.05) is 6.07 Å². The SMILES string of the molecule is CN(C)C(=O)c1ccc(CN2CCn3c(C(=O)NCc4ccc(N)cn4)ccc3C23CC(F)(F)C3)c(F)c1. The molecule has 200 valence electrons. The summed E-state index contributed by atoms with van der Waals surface area (Å²) in [6.45, 7) is 1.04. The molecular formula is C27H29F3N6O2. The number of carbonyl (C=O) groups is 2. The lowest BCUT2D eigenvalue weighted by Gasteiger charge is -2.56. The van der Waals surface area contributed by atoms with E-state index in [2.05, 4.69) is 10.3 Å². The fourth-order valence-electron chi connectivity index (χ4n) is 5.42. The molecule has 3 heterocycles. The molecule has 0 radical (unpaired) electrons. The highest BCUT2D eigenvalue weighted by molar-refractivity contribution is 5.94. The van der Waals surface area contributed by atoms with Gasteiger partial charge in [-0.25, -0.2) is 13.2 Å². The van der Waals surface area contributed by atoms with Gasteiger partial charge in [0.2, 0.25) is 0 Å². The van der Waals surface area contributed by atoms with Crippen LogP contribution < -0.4 is 11.1 Å². The zero-order chi connectivity index (χ0) is 27.2. The Hall–Kier alpha value is -3.86. The molecule has 8 nitrogen and oxygen atoms in total. The van der Waals surface area contributed by atoms with Gasteiger partial charge >= 0.3 is 0 Å². The van der Waals surface area contributed by atoms with Gasteiger partial charge in [0.05, 0.1) is 29.7 Å². The minimum atomic E-state index is -2.85. The van der Waals surface area contributed by atoms with Gasteiger partial charge in [-0.3, -0.25) is 19.5 Å². The van der Waals surface area contributed by atoms with E-state index in [4.69, 9.17) is 5.73 Å². The summed E-state index contributed by atoms with van der Waals surface area (Å²) in [4.78, 5) is 32.6. The van der Waals surface area contributed by atoms with Crippen LogP contribution in [0.4, 0.5) is 18.9 Å². The van der Waals surface area contributed by atoms with E-state index < -0.39 is 30.1 Å². The molecule has 2 aliphatic rings. The molecule has 1 spiro atoms. The minimum Gasteiger partial charge on any atom is -0.397 e. The molecule has 1 aliphatic carbocycles. The summed E-state index contributed by atoms with van der Waals surface area (Å²) in [7, 11) is 3.17. The molecule has 3 N–H and O–H groups in total. The second-order valence-corrected chi connectivity index (χ2v) is 10.2. The number of fused-ring (bicyclic) bond motifs is 2. The van der Waals surface area contributed by atoms with Crippen molar-refractivity contribution in [3.8, 4) is 0 Å². The summed E-state index contributed by atoms with van der Waals surface area (Å²) < 4.78 is 45.4. The Morgan fingerprint density at radius 2 is 1.87 bits per heavy atom. The van der Waals surface area contributed by atoms with Crippen molar-refractivity contribution in [1.82, 2.24) is 24.7 Å². The van der Waals surface area contributed by atoms with Crippen LogP contribution in [-0.4, -0.2) is 57.7 Å². The Bertz CT molecular complexity index is 1380. The zero-order valence-electron chi connectivity index (χ0n) is 21.2. The maximum atomic E-state index is 15.0. The van der Waals surface area contributed by atoms with Crippen molar-refractivity contribution in [2.75, 3.05) is 26.4 Å². The molecule has 0 atom stereocenters. The Balaban J connectivity index is 1.38. The molecule has 1 aliphatic heterocycles. The number of aromatic nitrogens is 2. The van der Waals surface area contributed by atoms with Crippen molar-refractivity contribution in [2.24, 2.45) is 0 Å². The molecule has 0 bridgehead atoms. The van der Waals surface area contributed by atoms with E-state index in [1.54, 1.807) is 49.0 Å². The summed E-state index contributed by atoms with van der Waals surface area (Å²) in [5, 5.41) is 2.83. The van der Waals surface area contributed by atoms with E-state index in [9.17, 15) is 22.8 Å². The number of carbonyl (C=O) groups excluding carboxylic acids is 2. The molecule has 11 heteroatoms. The monoisotopic (exact) mass is 526 g/mol. The highest BCUT2D eigenvalue weighted by atomic mass is 19.3. The fourth-order valence-corrected chi connectivity index (χ4v) is 5.42. The van der Waals surface area contributed by atoms with E-state index in [1.807, 2.05) is 4.90 Å². The number of nitrogens with zero attached hydrogens (tertiary/aromatic N) is 4. The van der Waals surface area contributed by atoms with Crippen LogP contribution in [0.25, 0.3) is 0 Å². The smallest absolute Gasteiger partial charge is 0.268 e. The lowest BCUT2D eigenvalue weighted by molar-refractivity contribution is -0.192. The lowest BCUT2D eigenvalue weighted by atomic mass is 9.68. The Morgan fingerprint density at radius 3 is 2.50 bits per heavy atom. The Labute approximate surface area is 218 Å². The molecule has 5 rings (SSSR count). The van der Waals surface area contributed by atoms with Crippen molar-refractivity contribution >= 4 is 17.5 Å². The molecule has 1 saturated carbocycles. The summed E-state index contributed by atoms with van der Waals surface area (Å²) >= 11 is 0. The van der Waals surface area contributed by atoms with Crippen LogP contribution in [0.2, 0.25) is 0 Å². The van der Waals surface area contributed by atoms with Gasteiger partial charge in [0, 0.05) is 63.4 Å². The second-order valence-electron chi connectivity index (χ2n) is 10.2. The Kier molecular flexibility index (Phi) is 6.42. The summed E-state index contributed by atoms with van der Waals surface area (Å²) in [5.74, 6) is -4.07. The number of benzene rings is 1. The van der Waals surface area contributed by atoms with Crippen LogP contribution in [0.5, 0.6) is 0 Å². The van der Waals surface area contributed by atoms with E-state index >= 15 is 0 Å². The maximum Gasteiger partial charge on any atom is 0.268 e. The van der Waals surface area contributed by atoms with Gasteiger partial charge in [-0.05, 0) is 36.4 Å². The van der Waals surface area contributed by atoms with Crippen molar-refractivity contribution < 1.29 is 22.8 Å². The molecule has 2 aromatic heterocycles. The number of nitrogens with two attached hydrogens (primary N) is 1. The van der Waals surface area contributed by atoms with Crippen LogP contribution in [0.1, 0.15) is 50.6 Å². The van der Waals surface area contributed by atoms with Gasteiger partial charge in [-0.15, -0.1) is 0 Å².